The van der Waals surface area contributed by atoms with E-state index in [4.69, 9.17) is 23.7 Å². The highest BCUT2D eigenvalue weighted by Crippen LogP contribution is 2.36. The van der Waals surface area contributed by atoms with E-state index in [2.05, 4.69) is 25.7 Å². The zero-order valence-electron chi connectivity index (χ0n) is 27.6. The van der Waals surface area contributed by atoms with Crippen molar-refractivity contribution in [3.63, 3.8) is 0 Å². The number of carbonyl (C=O) groups is 2. The molecule has 0 amide bonds. The van der Waals surface area contributed by atoms with Crippen molar-refractivity contribution < 1.29 is 38.0 Å². The lowest BCUT2D eigenvalue weighted by atomic mass is 9.95. The van der Waals surface area contributed by atoms with Crippen LogP contribution in [-0.2, 0) is 25.7 Å². The van der Waals surface area contributed by atoms with Gasteiger partial charge in [-0.3, -0.25) is 9.36 Å². The topological polar surface area (TPSA) is 124 Å². The van der Waals surface area contributed by atoms with Crippen LogP contribution in [0, 0.1) is 0 Å². The first kappa shape index (κ1) is 35.4. The van der Waals surface area contributed by atoms with Crippen LogP contribution in [0.3, 0.4) is 0 Å². The normalized spacial score (nSPS) is 14.1. The molecule has 3 aromatic carbocycles. The lowest BCUT2D eigenvalue weighted by molar-refractivity contribution is -0.143. The molecule has 0 spiro atoms. The fraction of sp³-hybridized carbons (Fsp3) is 0.278. The average molecular weight is 752 g/mol. The van der Waals surface area contributed by atoms with Gasteiger partial charge < -0.3 is 28.4 Å². The molecule has 0 saturated carbocycles. The smallest absolute Gasteiger partial charge is 0.343 e. The molecule has 1 atom stereocenters. The predicted octanol–water partition coefficient (Wildman–Crippen LogP) is 5.10. The standard InChI is InChI=1S/C36H35BrN2O9S/c1-6-45-29-18-24(11-15-27(29)48-20-31(40)44-5)33-32(35(42)46-7-2)21(3)38-36-39(33)34(41)30(49-36)17-23-10-14-26(28(16-23)43-4)47-19-22-8-12-25(37)13-9-22/h8-18,33H,6-7,19-20H2,1-5H3/b30-17-/t33-/m1/s1. The van der Waals surface area contributed by atoms with Crippen LogP contribution in [0.5, 0.6) is 23.0 Å². The molecule has 0 saturated heterocycles. The van der Waals surface area contributed by atoms with Crippen LogP contribution in [0.2, 0.25) is 0 Å². The molecular weight excluding hydrogens is 716 g/mol. The molecule has 0 fully saturated rings. The summed E-state index contributed by atoms with van der Waals surface area (Å²) in [6, 6.07) is 17.4. The van der Waals surface area contributed by atoms with Crippen LogP contribution < -0.4 is 33.8 Å². The van der Waals surface area contributed by atoms with E-state index in [9.17, 15) is 14.4 Å². The van der Waals surface area contributed by atoms with Gasteiger partial charge in [-0.1, -0.05) is 51.5 Å². The molecule has 0 aliphatic carbocycles. The van der Waals surface area contributed by atoms with Crippen molar-refractivity contribution in [1.82, 2.24) is 4.57 Å². The fourth-order valence-electron chi connectivity index (χ4n) is 5.17. The van der Waals surface area contributed by atoms with E-state index < -0.39 is 18.0 Å². The number of benzene rings is 3. The SMILES string of the molecule is CCOC(=O)C1=C(C)N=c2s/c(=C\c3ccc(OCc4ccc(Br)cc4)c(OC)c3)c(=O)n2[C@@H]1c1ccc(OCC(=O)OC)c(OCC)c1. The number of rotatable bonds is 13. The van der Waals surface area contributed by atoms with Gasteiger partial charge in [0.1, 0.15) is 6.61 Å². The Labute approximate surface area is 295 Å². The van der Waals surface area contributed by atoms with Crippen molar-refractivity contribution in [3.8, 4) is 23.0 Å². The quantitative estimate of drug-likeness (QED) is 0.172. The van der Waals surface area contributed by atoms with E-state index in [0.29, 0.717) is 62.4 Å². The largest absolute Gasteiger partial charge is 0.493 e. The van der Waals surface area contributed by atoms with Gasteiger partial charge in [0.2, 0.25) is 0 Å². The zero-order valence-corrected chi connectivity index (χ0v) is 30.0. The average Bonchev–Trinajstić information content (AvgIpc) is 3.40. The maximum atomic E-state index is 14.2. The van der Waals surface area contributed by atoms with Gasteiger partial charge in [-0.25, -0.2) is 14.6 Å². The van der Waals surface area contributed by atoms with E-state index in [-0.39, 0.29) is 24.3 Å². The van der Waals surface area contributed by atoms with Gasteiger partial charge in [-0.05, 0) is 79.9 Å². The number of fused-ring (bicyclic) bond motifs is 1. The second-order valence-corrected chi connectivity index (χ2v) is 12.6. The molecule has 13 heteroatoms. The van der Waals surface area contributed by atoms with Crippen LogP contribution in [0.1, 0.15) is 43.5 Å². The first-order valence-corrected chi connectivity index (χ1v) is 17.0. The molecule has 0 bridgehead atoms. The van der Waals surface area contributed by atoms with Crippen LogP contribution in [0.25, 0.3) is 6.08 Å². The summed E-state index contributed by atoms with van der Waals surface area (Å²) in [5.41, 5.74) is 2.57. The van der Waals surface area contributed by atoms with Gasteiger partial charge in [0, 0.05) is 4.47 Å². The van der Waals surface area contributed by atoms with Crippen LogP contribution in [0.4, 0.5) is 0 Å². The summed E-state index contributed by atoms with van der Waals surface area (Å²) < 4.78 is 36.1. The molecule has 11 nitrogen and oxygen atoms in total. The number of hydrogen-bond acceptors (Lipinski definition) is 11. The number of methoxy groups -OCH3 is 2. The summed E-state index contributed by atoms with van der Waals surface area (Å²) in [4.78, 5) is 44.3. The molecule has 49 heavy (non-hydrogen) atoms. The Morgan fingerprint density at radius 1 is 0.918 bits per heavy atom. The molecule has 2 heterocycles. The zero-order chi connectivity index (χ0) is 35.1. The number of halogens is 1. The summed E-state index contributed by atoms with van der Waals surface area (Å²) >= 11 is 4.64. The third-order valence-electron chi connectivity index (χ3n) is 7.47. The van der Waals surface area contributed by atoms with E-state index in [1.165, 1.54) is 23.0 Å². The first-order chi connectivity index (χ1) is 23.7. The van der Waals surface area contributed by atoms with E-state index in [0.717, 1.165) is 10.0 Å². The molecule has 1 aliphatic rings. The summed E-state index contributed by atoms with van der Waals surface area (Å²) in [7, 11) is 2.83. The third-order valence-corrected chi connectivity index (χ3v) is 8.98. The van der Waals surface area contributed by atoms with Crippen molar-refractivity contribution >= 4 is 45.3 Å². The molecule has 5 rings (SSSR count). The summed E-state index contributed by atoms with van der Waals surface area (Å²) in [6.07, 6.45) is 1.75. The molecular formula is C36H35BrN2O9S. The van der Waals surface area contributed by atoms with Crippen molar-refractivity contribution in [1.29, 1.82) is 0 Å². The maximum Gasteiger partial charge on any atom is 0.343 e. The van der Waals surface area contributed by atoms with Gasteiger partial charge in [-0.2, -0.15) is 0 Å². The van der Waals surface area contributed by atoms with Gasteiger partial charge in [0.05, 0.1) is 49.3 Å². The molecule has 256 valence electrons. The number of nitrogens with zero attached hydrogens (tertiary/aromatic N) is 2. The Morgan fingerprint density at radius 2 is 1.65 bits per heavy atom. The highest BCUT2D eigenvalue weighted by atomic mass is 79.9. The van der Waals surface area contributed by atoms with E-state index in [1.807, 2.05) is 37.3 Å². The maximum absolute atomic E-state index is 14.2. The van der Waals surface area contributed by atoms with Crippen LogP contribution in [0.15, 0.2) is 86.2 Å². The Kier molecular flexibility index (Phi) is 11.6. The number of allylic oxidation sites excluding steroid dienone is 1. The highest BCUT2D eigenvalue weighted by Gasteiger charge is 2.34. The molecule has 0 radical (unpaired) electrons. The highest BCUT2D eigenvalue weighted by molar-refractivity contribution is 9.10. The second-order valence-electron chi connectivity index (χ2n) is 10.6. The number of ether oxygens (including phenoxy) is 6. The van der Waals surface area contributed by atoms with Gasteiger partial charge in [0.15, 0.2) is 34.4 Å². The Balaban J connectivity index is 1.55. The van der Waals surface area contributed by atoms with Crippen LogP contribution in [-0.4, -0.2) is 50.5 Å². The molecule has 1 aliphatic heterocycles. The lowest BCUT2D eigenvalue weighted by Crippen LogP contribution is -2.40. The number of hydrogen-bond donors (Lipinski definition) is 0. The molecule has 1 aromatic heterocycles. The summed E-state index contributed by atoms with van der Waals surface area (Å²) in [6.45, 7) is 5.72. The van der Waals surface area contributed by atoms with E-state index in [1.54, 1.807) is 57.4 Å². The van der Waals surface area contributed by atoms with Crippen molar-refractivity contribution in [2.45, 2.75) is 33.4 Å². The minimum Gasteiger partial charge on any atom is -0.493 e. The Hall–Kier alpha value is -4.88. The lowest BCUT2D eigenvalue weighted by Gasteiger charge is -2.25. The molecule has 0 N–H and O–H groups in total. The van der Waals surface area contributed by atoms with Gasteiger partial charge >= 0.3 is 11.9 Å². The summed E-state index contributed by atoms with van der Waals surface area (Å²) in [5, 5.41) is 0. The molecule has 4 aromatic rings. The van der Waals surface area contributed by atoms with Crippen molar-refractivity contribution in [2.24, 2.45) is 4.99 Å². The van der Waals surface area contributed by atoms with E-state index >= 15 is 0 Å². The number of aromatic nitrogens is 1. The number of thiazole rings is 1. The van der Waals surface area contributed by atoms with Gasteiger partial charge in [0.25, 0.3) is 5.56 Å². The second kappa shape index (κ2) is 16.0. The minimum absolute atomic E-state index is 0.141. The predicted molar refractivity (Wildman–Crippen MR) is 187 cm³/mol. The number of esters is 2. The molecule has 0 unspecified atom stereocenters. The number of carbonyl (C=O) groups excluding carboxylic acids is 2. The third kappa shape index (κ3) is 8.06. The summed E-state index contributed by atoms with van der Waals surface area (Å²) in [5.74, 6) is 0.564. The van der Waals surface area contributed by atoms with Crippen LogP contribution >= 0.6 is 27.3 Å². The monoisotopic (exact) mass is 750 g/mol. The minimum atomic E-state index is -0.879. The Bertz CT molecular complexity index is 2070. The fourth-order valence-corrected chi connectivity index (χ4v) is 6.48. The van der Waals surface area contributed by atoms with Crippen molar-refractivity contribution in [2.75, 3.05) is 34.0 Å². The Morgan fingerprint density at radius 3 is 2.35 bits per heavy atom. The van der Waals surface area contributed by atoms with Crippen molar-refractivity contribution in [3.05, 3.63) is 113 Å². The van der Waals surface area contributed by atoms with Gasteiger partial charge in [-0.15, -0.1) is 0 Å². The first-order valence-electron chi connectivity index (χ1n) is 15.4.